The molecule has 94 valence electrons. The van der Waals surface area contributed by atoms with E-state index in [0.29, 0.717) is 36.1 Å². The number of halogens is 1. The Hall–Kier alpha value is -1.88. The minimum Gasteiger partial charge on any atom is -0.494 e. The molecule has 1 aromatic heterocycles. The summed E-state index contributed by atoms with van der Waals surface area (Å²) in [5.41, 5.74) is 1.85. The molecule has 4 nitrogen and oxygen atoms in total. The number of nitrogens with one attached hydrogen (secondary N) is 1. The van der Waals surface area contributed by atoms with Crippen molar-refractivity contribution in [2.75, 3.05) is 13.7 Å². The molecule has 1 N–H and O–H groups in total. The lowest BCUT2D eigenvalue weighted by atomic mass is 10.1. The lowest BCUT2D eigenvalue weighted by molar-refractivity contribution is 0.109. The van der Waals surface area contributed by atoms with Gasteiger partial charge >= 0.3 is 0 Å². The number of methoxy groups -OCH3 is 1. The van der Waals surface area contributed by atoms with Crippen LogP contribution in [0.1, 0.15) is 11.3 Å². The number of aromatic nitrogens is 1. The van der Waals surface area contributed by atoms with Gasteiger partial charge in [0.25, 0.3) is 0 Å². The van der Waals surface area contributed by atoms with Crippen molar-refractivity contribution in [3.8, 4) is 5.75 Å². The Morgan fingerprint density at radius 1 is 1.44 bits per heavy atom. The largest absolute Gasteiger partial charge is 0.494 e. The molecule has 0 amide bonds. The lowest BCUT2D eigenvalue weighted by Gasteiger charge is -2.16. The van der Waals surface area contributed by atoms with Crippen LogP contribution < -0.4 is 10.2 Å². The van der Waals surface area contributed by atoms with Gasteiger partial charge in [-0.15, -0.1) is 0 Å². The molecule has 1 aliphatic rings. The predicted molar refractivity (Wildman–Crippen MR) is 64.4 cm³/mol. The fourth-order valence-corrected chi connectivity index (χ4v) is 2.25. The van der Waals surface area contributed by atoms with E-state index >= 15 is 0 Å². The van der Waals surface area contributed by atoms with Gasteiger partial charge < -0.3 is 14.5 Å². The van der Waals surface area contributed by atoms with E-state index in [1.54, 1.807) is 0 Å². The standard InChI is InChI=1S/C13H12FNO3/c1-17-12-4-7-11(5-9(12)14)15-10-2-3-18-6-8(10)13(7)16/h4-5H,2-3,6H2,1H3,(H,15,16). The maximum atomic E-state index is 13.6. The molecule has 1 aliphatic heterocycles. The molecule has 0 atom stereocenters. The molecule has 2 aromatic rings. The van der Waals surface area contributed by atoms with Crippen LogP contribution in [-0.4, -0.2) is 18.7 Å². The number of hydrogen-bond donors (Lipinski definition) is 1. The summed E-state index contributed by atoms with van der Waals surface area (Å²) in [5, 5.41) is 0.428. The molecular weight excluding hydrogens is 237 g/mol. The highest BCUT2D eigenvalue weighted by atomic mass is 19.1. The molecule has 1 aromatic carbocycles. The van der Waals surface area contributed by atoms with E-state index in [9.17, 15) is 9.18 Å². The summed E-state index contributed by atoms with van der Waals surface area (Å²) in [5.74, 6) is -0.405. The van der Waals surface area contributed by atoms with Crippen LogP contribution in [0.5, 0.6) is 5.75 Å². The fourth-order valence-electron chi connectivity index (χ4n) is 2.25. The Bertz CT molecular complexity index is 678. The number of pyridine rings is 1. The summed E-state index contributed by atoms with van der Waals surface area (Å²) >= 11 is 0. The van der Waals surface area contributed by atoms with E-state index in [4.69, 9.17) is 9.47 Å². The summed E-state index contributed by atoms with van der Waals surface area (Å²) in [6.07, 6.45) is 0.647. The van der Waals surface area contributed by atoms with E-state index < -0.39 is 5.82 Å². The average Bonchev–Trinajstić information content (AvgIpc) is 2.38. The number of fused-ring (bicyclic) bond motifs is 2. The van der Waals surface area contributed by atoms with Crippen LogP contribution in [0.4, 0.5) is 4.39 Å². The summed E-state index contributed by atoms with van der Waals surface area (Å²) in [7, 11) is 1.37. The minimum absolute atomic E-state index is 0.0738. The van der Waals surface area contributed by atoms with Crippen molar-refractivity contribution in [1.82, 2.24) is 4.98 Å². The van der Waals surface area contributed by atoms with Crippen LogP contribution in [-0.2, 0) is 17.8 Å². The van der Waals surface area contributed by atoms with Crippen LogP contribution in [0, 0.1) is 5.82 Å². The smallest absolute Gasteiger partial charge is 0.195 e. The number of rotatable bonds is 1. The lowest BCUT2D eigenvalue weighted by Crippen LogP contribution is -2.21. The van der Waals surface area contributed by atoms with Crippen molar-refractivity contribution in [1.29, 1.82) is 0 Å². The SMILES string of the molecule is COc1cc2c(=O)c3c([nH]c2cc1F)CCOC3. The monoisotopic (exact) mass is 249 g/mol. The minimum atomic E-state index is -0.479. The molecule has 18 heavy (non-hydrogen) atoms. The van der Waals surface area contributed by atoms with Gasteiger partial charge in [0.1, 0.15) is 0 Å². The quantitative estimate of drug-likeness (QED) is 0.837. The van der Waals surface area contributed by atoms with Gasteiger partial charge in [0.15, 0.2) is 17.0 Å². The van der Waals surface area contributed by atoms with Crippen molar-refractivity contribution in [2.24, 2.45) is 0 Å². The molecule has 0 bridgehead atoms. The maximum absolute atomic E-state index is 13.6. The van der Waals surface area contributed by atoms with Gasteiger partial charge in [-0.1, -0.05) is 0 Å². The zero-order chi connectivity index (χ0) is 12.7. The Kier molecular flexibility index (Phi) is 2.56. The van der Waals surface area contributed by atoms with Crippen molar-refractivity contribution in [3.63, 3.8) is 0 Å². The first-order valence-corrected chi connectivity index (χ1v) is 5.69. The van der Waals surface area contributed by atoms with Crippen molar-refractivity contribution in [2.45, 2.75) is 13.0 Å². The van der Waals surface area contributed by atoms with Crippen molar-refractivity contribution in [3.05, 3.63) is 39.4 Å². The van der Waals surface area contributed by atoms with Gasteiger partial charge in [-0.05, 0) is 6.07 Å². The predicted octanol–water partition coefficient (Wildman–Crippen LogP) is 1.75. The van der Waals surface area contributed by atoms with Crippen LogP contribution >= 0.6 is 0 Å². The van der Waals surface area contributed by atoms with Crippen molar-refractivity contribution < 1.29 is 13.9 Å². The normalized spacial score (nSPS) is 14.6. The summed E-state index contributed by atoms with van der Waals surface area (Å²) < 4.78 is 23.8. The molecule has 0 unspecified atom stereocenters. The first-order valence-electron chi connectivity index (χ1n) is 5.69. The first kappa shape index (κ1) is 11.2. The second kappa shape index (κ2) is 4.10. The van der Waals surface area contributed by atoms with Crippen LogP contribution in [0.2, 0.25) is 0 Å². The number of hydrogen-bond acceptors (Lipinski definition) is 3. The molecule has 0 aliphatic carbocycles. The number of ether oxygens (including phenoxy) is 2. The Balaban J connectivity index is 2.35. The van der Waals surface area contributed by atoms with Crippen LogP contribution in [0.15, 0.2) is 16.9 Å². The Labute approximate surface area is 102 Å². The molecule has 2 heterocycles. The van der Waals surface area contributed by atoms with Gasteiger partial charge in [0, 0.05) is 29.1 Å². The molecule has 5 heteroatoms. The van der Waals surface area contributed by atoms with Gasteiger partial charge in [0.05, 0.1) is 25.8 Å². The summed E-state index contributed by atoms with van der Waals surface area (Å²) in [6, 6.07) is 2.73. The van der Waals surface area contributed by atoms with Crippen molar-refractivity contribution >= 4 is 10.9 Å². The van der Waals surface area contributed by atoms with E-state index in [2.05, 4.69) is 4.98 Å². The summed E-state index contributed by atoms with van der Waals surface area (Å²) in [4.78, 5) is 15.4. The molecule has 0 saturated heterocycles. The zero-order valence-corrected chi connectivity index (χ0v) is 9.88. The number of benzene rings is 1. The first-order chi connectivity index (χ1) is 8.70. The molecule has 0 fully saturated rings. The average molecular weight is 249 g/mol. The van der Waals surface area contributed by atoms with Gasteiger partial charge in [-0.25, -0.2) is 4.39 Å². The summed E-state index contributed by atoms with van der Waals surface area (Å²) in [6.45, 7) is 0.882. The highest BCUT2D eigenvalue weighted by molar-refractivity contribution is 5.81. The van der Waals surface area contributed by atoms with E-state index in [1.165, 1.54) is 19.2 Å². The number of aromatic amines is 1. The molecule has 0 spiro atoms. The Morgan fingerprint density at radius 2 is 2.28 bits per heavy atom. The topological polar surface area (TPSA) is 51.3 Å². The van der Waals surface area contributed by atoms with Gasteiger partial charge in [0.2, 0.25) is 0 Å². The van der Waals surface area contributed by atoms with Gasteiger partial charge in [-0.2, -0.15) is 0 Å². The fraction of sp³-hybridized carbons (Fsp3) is 0.308. The van der Waals surface area contributed by atoms with Gasteiger partial charge in [-0.3, -0.25) is 4.79 Å². The second-order valence-corrected chi connectivity index (χ2v) is 4.25. The second-order valence-electron chi connectivity index (χ2n) is 4.25. The molecule has 0 saturated carbocycles. The Morgan fingerprint density at radius 3 is 3.06 bits per heavy atom. The zero-order valence-electron chi connectivity index (χ0n) is 9.88. The maximum Gasteiger partial charge on any atom is 0.195 e. The van der Waals surface area contributed by atoms with E-state index in [0.717, 1.165) is 5.69 Å². The molecule has 3 rings (SSSR count). The number of H-pyrrole nitrogens is 1. The molecular formula is C13H12FNO3. The third-order valence-corrected chi connectivity index (χ3v) is 3.20. The third-order valence-electron chi connectivity index (χ3n) is 3.20. The third kappa shape index (κ3) is 1.59. The molecule has 0 radical (unpaired) electrons. The van der Waals surface area contributed by atoms with E-state index in [-0.39, 0.29) is 11.2 Å². The van der Waals surface area contributed by atoms with Crippen LogP contribution in [0.3, 0.4) is 0 Å². The van der Waals surface area contributed by atoms with Crippen LogP contribution in [0.25, 0.3) is 10.9 Å². The highest BCUT2D eigenvalue weighted by Gasteiger charge is 2.17. The van der Waals surface area contributed by atoms with E-state index in [1.807, 2.05) is 0 Å². The highest BCUT2D eigenvalue weighted by Crippen LogP contribution is 2.23.